The molecule has 2 aromatic rings. The van der Waals surface area contributed by atoms with Gasteiger partial charge >= 0.3 is 0 Å². The highest BCUT2D eigenvalue weighted by molar-refractivity contribution is 5.92. The van der Waals surface area contributed by atoms with Crippen LogP contribution in [0.3, 0.4) is 0 Å². The Hall–Kier alpha value is -2.53. The molecule has 29 heavy (non-hydrogen) atoms. The summed E-state index contributed by atoms with van der Waals surface area (Å²) in [5.74, 6) is 1.36. The molecule has 1 fully saturated rings. The summed E-state index contributed by atoms with van der Waals surface area (Å²) in [5.41, 5.74) is 3.48. The lowest BCUT2D eigenvalue weighted by atomic mass is 9.73. The Morgan fingerprint density at radius 3 is 2.86 bits per heavy atom. The number of benzene rings is 1. The van der Waals surface area contributed by atoms with Crippen LogP contribution in [0.25, 0.3) is 6.08 Å². The Bertz CT molecular complexity index is 920. The van der Waals surface area contributed by atoms with E-state index in [1.54, 1.807) is 25.7 Å². The van der Waals surface area contributed by atoms with E-state index in [1.165, 1.54) is 11.1 Å². The van der Waals surface area contributed by atoms with Crippen LogP contribution in [-0.2, 0) is 10.2 Å². The number of likely N-dealkylation sites (tertiary alicyclic amines) is 1. The number of nitrogens with zero attached hydrogens (tertiary/aromatic N) is 2. The second-order valence-electron chi connectivity index (χ2n) is 8.74. The minimum Gasteiger partial charge on any atom is -0.497 e. The van der Waals surface area contributed by atoms with Crippen molar-refractivity contribution >= 4 is 12.0 Å². The van der Waals surface area contributed by atoms with Gasteiger partial charge in [-0.25, -0.2) is 0 Å². The van der Waals surface area contributed by atoms with E-state index < -0.39 is 0 Å². The van der Waals surface area contributed by atoms with Crippen molar-refractivity contribution in [2.24, 2.45) is 0 Å². The van der Waals surface area contributed by atoms with Crippen LogP contribution in [-0.4, -0.2) is 55.5 Å². The fourth-order valence-electron chi connectivity index (χ4n) is 5.52. The minimum atomic E-state index is -0.132. The number of fused-ring (bicyclic) bond motifs is 5. The molecule has 0 N–H and O–H groups in total. The van der Waals surface area contributed by atoms with Gasteiger partial charge in [-0.2, -0.15) is 0 Å². The van der Waals surface area contributed by atoms with Gasteiger partial charge in [-0.15, -0.1) is 0 Å². The number of carbonyl (C=O) groups excluding carboxylic acids is 1. The van der Waals surface area contributed by atoms with Gasteiger partial charge in [0, 0.05) is 36.7 Å². The van der Waals surface area contributed by atoms with Crippen LogP contribution >= 0.6 is 0 Å². The van der Waals surface area contributed by atoms with Crippen LogP contribution in [0.1, 0.15) is 42.9 Å². The van der Waals surface area contributed by atoms with E-state index in [0.717, 1.165) is 24.3 Å². The maximum atomic E-state index is 13.1. The predicted octanol–water partition coefficient (Wildman–Crippen LogP) is 3.91. The molecule has 0 spiro atoms. The quantitative estimate of drug-likeness (QED) is 0.738. The molecule has 5 nitrogen and oxygen atoms in total. The molecule has 1 amide bonds. The molecule has 4 atom stereocenters. The molecule has 2 aliphatic rings. The average molecular weight is 395 g/mol. The SMILES string of the molecule is COc1ccc2c(c1)[C@@]1(C)CC2CN(C)C(C)[C@H]1N(C)C(=O)/C=C/c1ccoc1. The van der Waals surface area contributed by atoms with Crippen LogP contribution < -0.4 is 4.74 Å². The fourth-order valence-corrected chi connectivity index (χ4v) is 5.52. The number of hydrogen-bond acceptors (Lipinski definition) is 4. The average Bonchev–Trinajstić information content (AvgIpc) is 3.30. The topological polar surface area (TPSA) is 45.9 Å². The number of amides is 1. The Morgan fingerprint density at radius 2 is 2.17 bits per heavy atom. The monoisotopic (exact) mass is 394 g/mol. The predicted molar refractivity (Wildman–Crippen MR) is 114 cm³/mol. The van der Waals surface area contributed by atoms with Crippen molar-refractivity contribution in [3.05, 3.63) is 59.6 Å². The maximum Gasteiger partial charge on any atom is 0.246 e. The van der Waals surface area contributed by atoms with Crippen LogP contribution in [0.2, 0.25) is 0 Å². The first-order valence-electron chi connectivity index (χ1n) is 10.2. The van der Waals surface area contributed by atoms with E-state index in [-0.39, 0.29) is 23.4 Å². The van der Waals surface area contributed by atoms with Gasteiger partial charge in [-0.3, -0.25) is 4.79 Å². The molecule has 1 saturated heterocycles. The summed E-state index contributed by atoms with van der Waals surface area (Å²) >= 11 is 0. The lowest BCUT2D eigenvalue weighted by Crippen LogP contribution is -2.57. The lowest BCUT2D eigenvalue weighted by molar-refractivity contribution is -0.129. The molecule has 2 bridgehead atoms. The first-order chi connectivity index (χ1) is 13.8. The molecule has 2 heterocycles. The van der Waals surface area contributed by atoms with Crippen LogP contribution in [0, 0.1) is 0 Å². The van der Waals surface area contributed by atoms with Gasteiger partial charge in [-0.05, 0) is 61.7 Å². The summed E-state index contributed by atoms with van der Waals surface area (Å²) in [4.78, 5) is 17.4. The van der Waals surface area contributed by atoms with Gasteiger partial charge in [0.2, 0.25) is 5.91 Å². The smallest absolute Gasteiger partial charge is 0.246 e. The van der Waals surface area contributed by atoms with E-state index in [9.17, 15) is 4.79 Å². The molecule has 1 aliphatic carbocycles. The van der Waals surface area contributed by atoms with Crippen molar-refractivity contribution in [2.75, 3.05) is 27.7 Å². The zero-order chi connectivity index (χ0) is 20.8. The van der Waals surface area contributed by atoms with Gasteiger partial charge in [-0.1, -0.05) is 13.0 Å². The molecular formula is C24H30N2O3. The molecule has 1 aliphatic heterocycles. The number of likely N-dealkylation sites (N-methyl/N-ethyl adjacent to an activating group) is 2. The number of hydrogen-bond donors (Lipinski definition) is 0. The number of furan rings is 1. The standard InChI is InChI=1S/C24H30N2O3/c1-16-23(26(4)22(27)9-6-17-10-11-29-15-17)24(2)13-18(14-25(16)3)20-8-7-19(28-5)12-21(20)24/h6-12,15-16,18,23H,13-14H2,1-5H3/b9-6+/t16?,18?,23-,24-/m1/s1. The van der Waals surface area contributed by atoms with Crippen LogP contribution in [0.5, 0.6) is 5.75 Å². The molecular weight excluding hydrogens is 364 g/mol. The number of methoxy groups -OCH3 is 1. The van der Waals surface area contributed by atoms with Gasteiger partial charge in [0.1, 0.15) is 5.75 Å². The third-order valence-corrected chi connectivity index (χ3v) is 7.03. The van der Waals surface area contributed by atoms with Crippen molar-refractivity contribution in [3.8, 4) is 5.75 Å². The van der Waals surface area contributed by atoms with Crippen molar-refractivity contribution < 1.29 is 13.9 Å². The van der Waals surface area contributed by atoms with Gasteiger partial charge in [0.15, 0.2) is 0 Å². The highest BCUT2D eigenvalue weighted by Gasteiger charge is 2.53. The minimum absolute atomic E-state index is 0.00692. The van der Waals surface area contributed by atoms with Crippen LogP contribution in [0.15, 0.2) is 47.3 Å². The second-order valence-corrected chi connectivity index (χ2v) is 8.74. The Morgan fingerprint density at radius 1 is 1.38 bits per heavy atom. The zero-order valence-corrected chi connectivity index (χ0v) is 17.9. The lowest BCUT2D eigenvalue weighted by Gasteiger charge is -2.45. The van der Waals surface area contributed by atoms with Crippen molar-refractivity contribution in [3.63, 3.8) is 0 Å². The largest absolute Gasteiger partial charge is 0.497 e. The van der Waals surface area contributed by atoms with Crippen LogP contribution in [0.4, 0.5) is 0 Å². The maximum absolute atomic E-state index is 13.1. The van der Waals surface area contributed by atoms with Gasteiger partial charge in [0.05, 0.1) is 25.7 Å². The van der Waals surface area contributed by atoms with E-state index in [1.807, 2.05) is 24.1 Å². The number of carbonyl (C=O) groups is 1. The molecule has 0 radical (unpaired) electrons. The van der Waals surface area contributed by atoms with E-state index in [0.29, 0.717) is 5.92 Å². The highest BCUT2D eigenvalue weighted by Crippen LogP contribution is 2.53. The van der Waals surface area contributed by atoms with E-state index >= 15 is 0 Å². The number of ether oxygens (including phenoxy) is 1. The third kappa shape index (κ3) is 3.27. The molecule has 1 aromatic carbocycles. The summed E-state index contributed by atoms with van der Waals surface area (Å²) in [5, 5.41) is 0. The van der Waals surface area contributed by atoms with Crippen molar-refractivity contribution in [1.82, 2.24) is 9.80 Å². The Labute approximate surface area is 172 Å². The third-order valence-electron chi connectivity index (χ3n) is 7.03. The summed E-state index contributed by atoms with van der Waals surface area (Å²) < 4.78 is 10.6. The molecule has 4 rings (SSSR count). The molecule has 2 unspecified atom stereocenters. The summed E-state index contributed by atoms with van der Waals surface area (Å²) in [6.07, 6.45) is 7.74. The Kier molecular flexibility index (Phi) is 5.03. The molecule has 1 aromatic heterocycles. The zero-order valence-electron chi connectivity index (χ0n) is 17.9. The first kappa shape index (κ1) is 19.8. The van der Waals surface area contributed by atoms with E-state index in [4.69, 9.17) is 9.15 Å². The second kappa shape index (κ2) is 7.38. The molecule has 154 valence electrons. The summed E-state index contributed by atoms with van der Waals surface area (Å²) in [6, 6.07) is 8.58. The Balaban J connectivity index is 1.72. The van der Waals surface area contributed by atoms with Gasteiger partial charge < -0.3 is 19.0 Å². The molecule has 0 saturated carbocycles. The first-order valence-corrected chi connectivity index (χ1v) is 10.2. The van der Waals surface area contributed by atoms with E-state index in [2.05, 4.69) is 44.0 Å². The highest BCUT2D eigenvalue weighted by atomic mass is 16.5. The fraction of sp³-hybridized carbons (Fsp3) is 0.458. The van der Waals surface area contributed by atoms with Crippen molar-refractivity contribution in [1.29, 1.82) is 0 Å². The molecule has 5 heteroatoms. The number of rotatable bonds is 4. The van der Waals surface area contributed by atoms with Crippen molar-refractivity contribution in [2.45, 2.75) is 43.7 Å². The van der Waals surface area contributed by atoms with Gasteiger partial charge in [0.25, 0.3) is 0 Å². The summed E-state index contributed by atoms with van der Waals surface area (Å²) in [6.45, 7) is 5.55. The normalized spacial score (nSPS) is 28.9. The summed E-state index contributed by atoms with van der Waals surface area (Å²) in [7, 11) is 5.81.